The number of amides is 1. The lowest BCUT2D eigenvalue weighted by Gasteiger charge is -2.35. The Bertz CT molecular complexity index is 1640. The van der Waals surface area contributed by atoms with E-state index in [-0.39, 0.29) is 19.1 Å². The molecular formula is C35H36BNO7. The Labute approximate surface area is 257 Å². The number of hydrogen-bond donors (Lipinski definition) is 4. The largest absolute Gasteiger partial charge is 0.489 e. The Morgan fingerprint density at radius 1 is 0.909 bits per heavy atom. The zero-order valence-corrected chi connectivity index (χ0v) is 25.2. The van der Waals surface area contributed by atoms with E-state index < -0.39 is 30.6 Å². The van der Waals surface area contributed by atoms with Gasteiger partial charge in [-0.25, -0.2) is 9.59 Å². The van der Waals surface area contributed by atoms with E-state index in [1.807, 2.05) is 62.4 Å². The van der Waals surface area contributed by atoms with Crippen molar-refractivity contribution in [1.82, 2.24) is 5.32 Å². The molecule has 4 aromatic rings. The van der Waals surface area contributed by atoms with Crippen LogP contribution in [0.1, 0.15) is 53.1 Å². The summed E-state index contributed by atoms with van der Waals surface area (Å²) in [4.78, 5) is 25.8. The zero-order valence-electron chi connectivity index (χ0n) is 25.2. The fraction of sp³-hybridized carbons (Fsp3) is 0.257. The van der Waals surface area contributed by atoms with E-state index in [4.69, 9.17) is 9.47 Å². The van der Waals surface area contributed by atoms with Gasteiger partial charge in [0.05, 0.1) is 0 Å². The second-order valence-electron chi connectivity index (χ2n) is 11.8. The van der Waals surface area contributed by atoms with E-state index in [2.05, 4.69) is 17.4 Å². The number of fused-ring (bicyclic) bond motifs is 3. The third-order valence-corrected chi connectivity index (χ3v) is 8.33. The molecule has 0 spiro atoms. The molecular weight excluding hydrogens is 557 g/mol. The standard InChI is InChI=1S/C35H36BNO7/c1-21-17-22(2)31(30(18-21)43-19-23-13-15-24(16-14-23)36(41)42)35(3,4)32(33(38)39)37-34(40)44-20-29-27-11-7-5-9-25(27)26-10-6-8-12-28(26)29/h5-18,29,32,41-42H,19-20H2,1-4H3,(H,37,40)(H,38,39)/t32-/m1/s1. The van der Waals surface area contributed by atoms with Gasteiger partial charge in [0.1, 0.15) is 25.0 Å². The SMILES string of the molecule is Cc1cc(C)c(C(C)(C)[C@H](NC(=O)OCC2c3ccccc3-c3ccccc32)C(=O)O)c(OCc2ccc(B(O)O)cc2)c1. The summed E-state index contributed by atoms with van der Waals surface area (Å²) in [6.45, 7) is 7.58. The van der Waals surface area contributed by atoms with Gasteiger partial charge in [-0.2, -0.15) is 0 Å². The maximum absolute atomic E-state index is 13.2. The highest BCUT2D eigenvalue weighted by molar-refractivity contribution is 6.58. The first-order valence-corrected chi connectivity index (χ1v) is 14.5. The van der Waals surface area contributed by atoms with Crippen LogP contribution in [0.3, 0.4) is 0 Å². The highest BCUT2D eigenvalue weighted by atomic mass is 16.5. The monoisotopic (exact) mass is 593 g/mol. The van der Waals surface area contributed by atoms with Crippen molar-refractivity contribution in [2.45, 2.75) is 51.7 Å². The molecule has 0 aliphatic heterocycles. The number of rotatable bonds is 10. The summed E-state index contributed by atoms with van der Waals surface area (Å²) in [6.07, 6.45) is -0.814. The number of benzene rings is 4. The lowest BCUT2D eigenvalue weighted by molar-refractivity contribution is -0.141. The van der Waals surface area contributed by atoms with Crippen LogP contribution in [0.2, 0.25) is 0 Å². The fourth-order valence-corrected chi connectivity index (χ4v) is 6.27. The number of hydrogen-bond acceptors (Lipinski definition) is 6. The van der Waals surface area contributed by atoms with E-state index in [1.54, 1.807) is 38.1 Å². The summed E-state index contributed by atoms with van der Waals surface area (Å²) in [6, 6.07) is 25.2. The van der Waals surface area contributed by atoms with Crippen molar-refractivity contribution in [3.63, 3.8) is 0 Å². The summed E-state index contributed by atoms with van der Waals surface area (Å²) in [5, 5.41) is 31.7. The van der Waals surface area contributed by atoms with Crippen molar-refractivity contribution in [3.05, 3.63) is 118 Å². The van der Waals surface area contributed by atoms with Gasteiger partial charge >= 0.3 is 19.2 Å². The number of carboxylic acid groups (broad SMARTS) is 1. The molecule has 0 heterocycles. The number of nitrogens with one attached hydrogen (secondary N) is 1. The molecule has 1 amide bonds. The van der Waals surface area contributed by atoms with Crippen LogP contribution in [-0.2, 0) is 21.6 Å². The van der Waals surface area contributed by atoms with Gasteiger partial charge in [0.2, 0.25) is 0 Å². The van der Waals surface area contributed by atoms with Crippen LogP contribution in [0, 0.1) is 13.8 Å². The maximum atomic E-state index is 13.2. The van der Waals surface area contributed by atoms with E-state index in [1.165, 1.54) is 0 Å². The van der Waals surface area contributed by atoms with Crippen molar-refractivity contribution in [3.8, 4) is 16.9 Å². The lowest BCUT2D eigenvalue weighted by Crippen LogP contribution is -2.53. The summed E-state index contributed by atoms with van der Waals surface area (Å²) in [7, 11) is -1.56. The molecule has 0 radical (unpaired) electrons. The Morgan fingerprint density at radius 2 is 1.50 bits per heavy atom. The first kappa shape index (κ1) is 30.8. The average Bonchev–Trinajstić information content (AvgIpc) is 3.30. The van der Waals surface area contributed by atoms with Crippen LogP contribution in [0.5, 0.6) is 5.75 Å². The van der Waals surface area contributed by atoms with Gasteiger partial charge in [0, 0.05) is 16.9 Å². The summed E-state index contributed by atoms with van der Waals surface area (Å²) in [5.74, 6) is -0.856. The Balaban J connectivity index is 1.34. The molecule has 0 unspecified atom stereocenters. The number of carbonyl (C=O) groups is 2. The molecule has 1 aliphatic carbocycles. The minimum atomic E-state index is -1.56. The van der Waals surface area contributed by atoms with Gasteiger partial charge in [-0.05, 0) is 64.3 Å². The molecule has 5 rings (SSSR count). The molecule has 0 bridgehead atoms. The predicted octanol–water partition coefficient (Wildman–Crippen LogP) is 4.83. The smallest absolute Gasteiger partial charge is 0.488 e. The molecule has 226 valence electrons. The van der Waals surface area contributed by atoms with Crippen LogP contribution >= 0.6 is 0 Å². The first-order valence-electron chi connectivity index (χ1n) is 14.5. The molecule has 0 saturated carbocycles. The molecule has 0 fully saturated rings. The molecule has 8 nitrogen and oxygen atoms in total. The van der Waals surface area contributed by atoms with Crippen molar-refractivity contribution in [1.29, 1.82) is 0 Å². The highest BCUT2D eigenvalue weighted by Crippen LogP contribution is 2.44. The molecule has 44 heavy (non-hydrogen) atoms. The third kappa shape index (κ3) is 6.20. The van der Waals surface area contributed by atoms with Crippen LogP contribution < -0.4 is 15.5 Å². The number of carbonyl (C=O) groups excluding carboxylic acids is 1. The normalized spacial score (nSPS) is 13.0. The van der Waals surface area contributed by atoms with Crippen molar-refractivity contribution in [2.75, 3.05) is 6.61 Å². The number of alkyl carbamates (subject to hydrolysis) is 1. The lowest BCUT2D eigenvalue weighted by atomic mass is 9.75. The highest BCUT2D eigenvalue weighted by Gasteiger charge is 2.41. The molecule has 9 heteroatoms. The number of aliphatic carboxylic acids is 1. The Morgan fingerprint density at radius 3 is 2.07 bits per heavy atom. The first-order chi connectivity index (χ1) is 21.0. The third-order valence-electron chi connectivity index (χ3n) is 8.33. The molecule has 0 saturated heterocycles. The molecule has 4 aromatic carbocycles. The van der Waals surface area contributed by atoms with E-state index in [0.717, 1.165) is 38.9 Å². The van der Waals surface area contributed by atoms with Crippen LogP contribution in [0.25, 0.3) is 11.1 Å². The van der Waals surface area contributed by atoms with Crippen molar-refractivity contribution >= 4 is 24.6 Å². The number of carboxylic acids is 1. The van der Waals surface area contributed by atoms with Gasteiger partial charge in [-0.15, -0.1) is 0 Å². The second kappa shape index (κ2) is 12.6. The van der Waals surface area contributed by atoms with Crippen LogP contribution in [0.4, 0.5) is 4.79 Å². The number of ether oxygens (including phenoxy) is 2. The molecule has 4 N–H and O–H groups in total. The van der Waals surface area contributed by atoms with Gasteiger partial charge in [0.15, 0.2) is 0 Å². The van der Waals surface area contributed by atoms with Gasteiger partial charge < -0.3 is 29.9 Å². The van der Waals surface area contributed by atoms with Gasteiger partial charge in [-0.3, -0.25) is 0 Å². The van der Waals surface area contributed by atoms with E-state index >= 15 is 0 Å². The van der Waals surface area contributed by atoms with Crippen molar-refractivity contribution < 1.29 is 34.2 Å². The maximum Gasteiger partial charge on any atom is 0.488 e. The minimum absolute atomic E-state index is 0.0661. The fourth-order valence-electron chi connectivity index (χ4n) is 6.27. The predicted molar refractivity (Wildman–Crippen MR) is 169 cm³/mol. The van der Waals surface area contributed by atoms with Crippen molar-refractivity contribution in [2.24, 2.45) is 0 Å². The Kier molecular flexibility index (Phi) is 8.81. The van der Waals surface area contributed by atoms with Gasteiger partial charge in [0.25, 0.3) is 0 Å². The number of aryl methyl sites for hydroxylation is 2. The molecule has 0 aromatic heterocycles. The van der Waals surface area contributed by atoms with Crippen LogP contribution in [-0.4, -0.2) is 47.0 Å². The minimum Gasteiger partial charge on any atom is -0.489 e. The van der Waals surface area contributed by atoms with Crippen LogP contribution in [0.15, 0.2) is 84.9 Å². The quantitative estimate of drug-likeness (QED) is 0.194. The summed E-state index contributed by atoms with van der Waals surface area (Å²) >= 11 is 0. The van der Waals surface area contributed by atoms with E-state index in [0.29, 0.717) is 16.8 Å². The summed E-state index contributed by atoms with van der Waals surface area (Å²) in [5.41, 5.74) is 6.81. The van der Waals surface area contributed by atoms with E-state index in [9.17, 15) is 24.7 Å². The molecule has 1 aliphatic rings. The topological polar surface area (TPSA) is 125 Å². The Hall–Kier alpha value is -4.60. The van der Waals surface area contributed by atoms with Gasteiger partial charge in [-0.1, -0.05) is 92.7 Å². The average molecular weight is 593 g/mol. The second-order valence-corrected chi connectivity index (χ2v) is 11.8. The summed E-state index contributed by atoms with van der Waals surface area (Å²) < 4.78 is 11.9. The zero-order chi connectivity index (χ0) is 31.6. The molecule has 1 atom stereocenters.